The van der Waals surface area contributed by atoms with Gasteiger partial charge < -0.3 is 15.8 Å². The van der Waals surface area contributed by atoms with E-state index in [4.69, 9.17) is 4.74 Å². The Morgan fingerprint density at radius 2 is 1.77 bits per heavy atom. The number of amides is 1. The number of carbonyl (C=O) groups excluding carboxylic acids is 1. The predicted molar refractivity (Wildman–Crippen MR) is 118 cm³/mol. The lowest BCUT2D eigenvalue weighted by molar-refractivity contribution is -0.115. The van der Waals surface area contributed by atoms with Gasteiger partial charge in [-0.2, -0.15) is 0 Å². The van der Waals surface area contributed by atoms with Crippen LogP contribution in [0, 0.1) is 18.6 Å². The number of aryl methyl sites for hydroxylation is 2. The fraction of sp³-hybridized carbons (Fsp3) is 0.458. The first-order valence-electron chi connectivity index (χ1n) is 10.5. The van der Waals surface area contributed by atoms with Crippen LogP contribution in [0.25, 0.3) is 0 Å². The van der Waals surface area contributed by atoms with Crippen LogP contribution in [-0.2, 0) is 11.2 Å². The standard InChI is InChI=1S/C20H23F2NO.C2H5NO.C2H6/c1-14-5-6-20-18(10-14)19(7-9-24-20)23-8-3-2-4-15-11-16(21)13-17(22)12-15;1-2(3)4;1-2/h5-6,10-13,19,23H,2-4,7-9H2,1H3;1H3,(H2,3,4);1-2H3. The summed E-state index contributed by atoms with van der Waals surface area (Å²) in [5.74, 6) is -0.366. The fourth-order valence-electron chi connectivity index (χ4n) is 3.21. The Kier molecular flexibility index (Phi) is 11.7. The average molecular weight is 421 g/mol. The highest BCUT2D eigenvalue weighted by atomic mass is 19.1. The summed E-state index contributed by atoms with van der Waals surface area (Å²) in [7, 11) is 0. The number of hydrogen-bond acceptors (Lipinski definition) is 3. The van der Waals surface area contributed by atoms with Crippen LogP contribution in [0.4, 0.5) is 8.78 Å². The summed E-state index contributed by atoms with van der Waals surface area (Å²) in [6, 6.07) is 10.3. The molecule has 1 heterocycles. The fourth-order valence-corrected chi connectivity index (χ4v) is 3.21. The molecule has 1 atom stereocenters. The van der Waals surface area contributed by atoms with Crippen LogP contribution in [0.2, 0.25) is 0 Å². The number of halogens is 2. The second kappa shape index (κ2) is 13.7. The summed E-state index contributed by atoms with van der Waals surface area (Å²) in [5.41, 5.74) is 7.66. The molecule has 1 aliphatic rings. The molecule has 2 aromatic carbocycles. The summed E-state index contributed by atoms with van der Waals surface area (Å²) >= 11 is 0. The molecule has 1 unspecified atom stereocenters. The smallest absolute Gasteiger partial charge is 0.214 e. The van der Waals surface area contributed by atoms with E-state index in [1.165, 1.54) is 30.2 Å². The van der Waals surface area contributed by atoms with Gasteiger partial charge in [-0.1, -0.05) is 31.5 Å². The van der Waals surface area contributed by atoms with Gasteiger partial charge in [0.15, 0.2) is 0 Å². The van der Waals surface area contributed by atoms with Gasteiger partial charge in [0.05, 0.1) is 6.61 Å². The Morgan fingerprint density at radius 3 is 2.40 bits per heavy atom. The maximum Gasteiger partial charge on any atom is 0.214 e. The molecule has 0 fully saturated rings. The first kappa shape index (κ1) is 25.6. The number of hydrogen-bond donors (Lipinski definition) is 2. The lowest BCUT2D eigenvalue weighted by Crippen LogP contribution is -2.28. The van der Waals surface area contributed by atoms with Gasteiger partial charge in [-0.15, -0.1) is 0 Å². The quantitative estimate of drug-likeness (QED) is 0.629. The van der Waals surface area contributed by atoms with Crippen molar-refractivity contribution >= 4 is 5.91 Å². The van der Waals surface area contributed by atoms with Gasteiger partial charge >= 0.3 is 0 Å². The zero-order chi connectivity index (χ0) is 22.5. The van der Waals surface area contributed by atoms with Crippen molar-refractivity contribution in [3.05, 3.63) is 64.7 Å². The summed E-state index contributed by atoms with van der Waals surface area (Å²) in [6.07, 6.45) is 3.53. The average Bonchev–Trinajstić information content (AvgIpc) is 2.68. The molecule has 1 aliphatic heterocycles. The zero-order valence-corrected chi connectivity index (χ0v) is 18.4. The van der Waals surface area contributed by atoms with E-state index in [0.29, 0.717) is 12.5 Å². The van der Waals surface area contributed by atoms with Gasteiger partial charge in [0.2, 0.25) is 5.91 Å². The maximum absolute atomic E-state index is 13.2. The summed E-state index contributed by atoms with van der Waals surface area (Å²) in [5, 5.41) is 3.59. The Hall–Kier alpha value is -2.47. The summed E-state index contributed by atoms with van der Waals surface area (Å²) in [4.78, 5) is 9.22. The van der Waals surface area contributed by atoms with Crippen molar-refractivity contribution in [1.82, 2.24) is 5.32 Å². The number of benzene rings is 2. The Morgan fingerprint density at radius 1 is 1.13 bits per heavy atom. The molecule has 166 valence electrons. The molecule has 1 amide bonds. The molecule has 0 saturated carbocycles. The number of ether oxygens (including phenoxy) is 1. The van der Waals surface area contributed by atoms with E-state index in [1.54, 1.807) is 0 Å². The minimum Gasteiger partial charge on any atom is -0.493 e. The molecule has 2 aromatic rings. The molecule has 3 N–H and O–H groups in total. The topological polar surface area (TPSA) is 64.4 Å². The van der Waals surface area contributed by atoms with Crippen molar-refractivity contribution in [2.24, 2.45) is 5.73 Å². The first-order chi connectivity index (χ1) is 14.3. The highest BCUT2D eigenvalue weighted by molar-refractivity contribution is 5.70. The number of unbranched alkanes of at least 4 members (excludes halogenated alkanes) is 1. The highest BCUT2D eigenvalue weighted by Gasteiger charge is 2.20. The van der Waals surface area contributed by atoms with Gasteiger partial charge in [-0.25, -0.2) is 8.78 Å². The van der Waals surface area contributed by atoms with Crippen molar-refractivity contribution in [3.8, 4) is 5.75 Å². The van der Waals surface area contributed by atoms with Gasteiger partial charge in [0, 0.05) is 31.0 Å². The van der Waals surface area contributed by atoms with E-state index in [2.05, 4.69) is 30.1 Å². The normalized spacial score (nSPS) is 14.3. The third kappa shape index (κ3) is 9.35. The Balaban J connectivity index is 0.000000673. The van der Waals surface area contributed by atoms with Crippen LogP contribution in [0.3, 0.4) is 0 Å². The van der Waals surface area contributed by atoms with Gasteiger partial charge in [-0.3, -0.25) is 4.79 Å². The second-order valence-electron chi connectivity index (χ2n) is 7.03. The molecular formula is C24H34F2N2O2. The SMILES string of the molecule is CC.CC(N)=O.Cc1ccc2c(c1)C(NCCCCc1cc(F)cc(F)c1)CCO2. The molecule has 0 spiro atoms. The molecule has 4 nitrogen and oxygen atoms in total. The summed E-state index contributed by atoms with van der Waals surface area (Å²) < 4.78 is 32.0. The van der Waals surface area contributed by atoms with Crippen LogP contribution in [0.15, 0.2) is 36.4 Å². The minimum atomic E-state index is -0.502. The second-order valence-corrected chi connectivity index (χ2v) is 7.03. The third-order valence-electron chi connectivity index (χ3n) is 4.41. The Bertz CT molecular complexity index is 773. The largest absolute Gasteiger partial charge is 0.493 e. The van der Waals surface area contributed by atoms with Crippen molar-refractivity contribution in [2.45, 2.75) is 59.4 Å². The lowest BCUT2D eigenvalue weighted by Gasteiger charge is -2.27. The number of nitrogens with one attached hydrogen (secondary N) is 1. The van der Waals surface area contributed by atoms with Crippen LogP contribution < -0.4 is 15.8 Å². The predicted octanol–water partition coefficient (Wildman–Crippen LogP) is 5.23. The molecule has 0 aliphatic carbocycles. The molecule has 3 rings (SSSR count). The van der Waals surface area contributed by atoms with E-state index in [-0.39, 0.29) is 5.91 Å². The molecule has 0 saturated heterocycles. The number of nitrogens with two attached hydrogens (primary N) is 1. The zero-order valence-electron chi connectivity index (χ0n) is 18.4. The van der Waals surface area contributed by atoms with Crippen LogP contribution >= 0.6 is 0 Å². The van der Waals surface area contributed by atoms with Crippen LogP contribution in [-0.4, -0.2) is 19.1 Å². The molecule has 0 bridgehead atoms. The maximum atomic E-state index is 13.2. The highest BCUT2D eigenvalue weighted by Crippen LogP contribution is 2.32. The number of primary amides is 1. The minimum absolute atomic E-state index is 0.320. The number of carbonyl (C=O) groups is 1. The van der Waals surface area contributed by atoms with E-state index in [0.717, 1.165) is 49.8 Å². The van der Waals surface area contributed by atoms with Gasteiger partial charge in [-0.05, 0) is 56.5 Å². The van der Waals surface area contributed by atoms with Crippen LogP contribution in [0.1, 0.15) is 62.8 Å². The molecule has 0 radical (unpaired) electrons. The van der Waals surface area contributed by atoms with Crippen LogP contribution in [0.5, 0.6) is 5.75 Å². The number of rotatable bonds is 6. The van der Waals surface area contributed by atoms with Crippen molar-refractivity contribution in [1.29, 1.82) is 0 Å². The lowest BCUT2D eigenvalue weighted by atomic mass is 9.98. The van der Waals surface area contributed by atoms with Crippen molar-refractivity contribution < 1.29 is 18.3 Å². The first-order valence-corrected chi connectivity index (χ1v) is 10.5. The number of fused-ring (bicyclic) bond motifs is 1. The molecular weight excluding hydrogens is 386 g/mol. The van der Waals surface area contributed by atoms with E-state index in [1.807, 2.05) is 19.9 Å². The van der Waals surface area contributed by atoms with E-state index < -0.39 is 11.6 Å². The summed E-state index contributed by atoms with van der Waals surface area (Å²) in [6.45, 7) is 9.01. The molecule has 30 heavy (non-hydrogen) atoms. The van der Waals surface area contributed by atoms with E-state index in [9.17, 15) is 13.6 Å². The third-order valence-corrected chi connectivity index (χ3v) is 4.41. The molecule has 6 heteroatoms. The van der Waals surface area contributed by atoms with Crippen molar-refractivity contribution in [3.63, 3.8) is 0 Å². The van der Waals surface area contributed by atoms with E-state index >= 15 is 0 Å². The Labute approximate surface area is 178 Å². The van der Waals surface area contributed by atoms with Gasteiger partial charge in [0.1, 0.15) is 17.4 Å². The van der Waals surface area contributed by atoms with Gasteiger partial charge in [0.25, 0.3) is 0 Å². The van der Waals surface area contributed by atoms with Crippen molar-refractivity contribution in [2.75, 3.05) is 13.2 Å². The molecule has 0 aromatic heterocycles. The monoisotopic (exact) mass is 420 g/mol.